The van der Waals surface area contributed by atoms with Gasteiger partial charge in [0.2, 0.25) is 0 Å². The van der Waals surface area contributed by atoms with Crippen LogP contribution in [0.5, 0.6) is 0 Å². The van der Waals surface area contributed by atoms with E-state index in [0.29, 0.717) is 0 Å². The van der Waals surface area contributed by atoms with Crippen LogP contribution in [0.1, 0.15) is 22.6 Å². The minimum absolute atomic E-state index is 0.229. The first-order chi connectivity index (χ1) is 12.4. The van der Waals surface area contributed by atoms with Crippen LogP contribution in [0.2, 0.25) is 0 Å². The summed E-state index contributed by atoms with van der Waals surface area (Å²) >= 11 is 0. The largest absolute Gasteiger partial charge is 0.0720 e. The molecule has 0 aliphatic carbocycles. The van der Waals surface area contributed by atoms with Crippen LogP contribution in [-0.4, -0.2) is 0 Å². The van der Waals surface area contributed by atoms with Gasteiger partial charge in [0, 0.05) is 5.92 Å². The Bertz CT molecular complexity index is 977. The van der Waals surface area contributed by atoms with Gasteiger partial charge in [0.25, 0.3) is 0 Å². The van der Waals surface area contributed by atoms with Crippen LogP contribution in [0.3, 0.4) is 0 Å². The summed E-state index contributed by atoms with van der Waals surface area (Å²) in [6.45, 7) is 0. The lowest BCUT2D eigenvalue weighted by molar-refractivity contribution is 1.05. The summed E-state index contributed by atoms with van der Waals surface area (Å²) in [4.78, 5) is 0. The summed E-state index contributed by atoms with van der Waals surface area (Å²) in [7, 11) is 0. The molecule has 0 saturated carbocycles. The van der Waals surface area contributed by atoms with Crippen molar-refractivity contribution in [3.05, 3.63) is 126 Å². The van der Waals surface area contributed by atoms with Gasteiger partial charge in [-0.2, -0.15) is 0 Å². The molecule has 1 atom stereocenters. The third kappa shape index (κ3) is 3.39. The molecule has 0 amide bonds. The molecule has 0 nitrogen and oxygen atoms in total. The number of rotatable bonds is 4. The number of hydrogen-bond donors (Lipinski definition) is 0. The Morgan fingerprint density at radius 2 is 1.20 bits per heavy atom. The van der Waals surface area contributed by atoms with E-state index in [2.05, 4.69) is 115 Å². The first-order valence-electron chi connectivity index (χ1n) is 8.68. The SMILES string of the molecule is C(=C\[C@@H](c1ccccc1)c1cccc2ccccc12)/c1ccccc1. The van der Waals surface area contributed by atoms with Crippen LogP contribution in [0.25, 0.3) is 16.8 Å². The maximum atomic E-state index is 2.31. The zero-order valence-electron chi connectivity index (χ0n) is 14.0. The molecule has 0 saturated heterocycles. The summed E-state index contributed by atoms with van der Waals surface area (Å²) in [6, 6.07) is 36.4. The lowest BCUT2D eigenvalue weighted by Gasteiger charge is -2.17. The molecule has 0 aromatic heterocycles. The molecule has 4 rings (SSSR count). The zero-order chi connectivity index (χ0) is 16.9. The molecule has 4 aromatic carbocycles. The van der Waals surface area contributed by atoms with Gasteiger partial charge in [-0.1, -0.05) is 115 Å². The topological polar surface area (TPSA) is 0 Å². The zero-order valence-corrected chi connectivity index (χ0v) is 14.0. The van der Waals surface area contributed by atoms with Gasteiger partial charge in [-0.3, -0.25) is 0 Å². The van der Waals surface area contributed by atoms with E-state index >= 15 is 0 Å². The van der Waals surface area contributed by atoms with Crippen LogP contribution in [-0.2, 0) is 0 Å². The standard InChI is InChI=1S/C25H20/c1-3-10-20(11-4-1)18-19-24(21-12-5-2-6-13-21)25-17-9-15-22-14-7-8-16-23(22)25/h1-19,24H/b19-18+/t24-/m0/s1. The Balaban J connectivity index is 1.84. The van der Waals surface area contributed by atoms with Crippen LogP contribution >= 0.6 is 0 Å². The Morgan fingerprint density at radius 1 is 0.560 bits per heavy atom. The molecular formula is C25H20. The molecule has 0 N–H and O–H groups in total. The highest BCUT2D eigenvalue weighted by Crippen LogP contribution is 2.32. The minimum atomic E-state index is 0.229. The van der Waals surface area contributed by atoms with Crippen LogP contribution in [0.4, 0.5) is 0 Å². The van der Waals surface area contributed by atoms with E-state index in [1.165, 1.54) is 27.5 Å². The molecule has 0 heterocycles. The first-order valence-corrected chi connectivity index (χ1v) is 8.68. The molecule has 0 radical (unpaired) electrons. The van der Waals surface area contributed by atoms with Crippen LogP contribution < -0.4 is 0 Å². The molecule has 0 spiro atoms. The number of benzene rings is 4. The van der Waals surface area contributed by atoms with Crippen molar-refractivity contribution in [2.75, 3.05) is 0 Å². The van der Waals surface area contributed by atoms with Crippen LogP contribution in [0.15, 0.2) is 109 Å². The fourth-order valence-corrected chi connectivity index (χ4v) is 3.35. The third-order valence-electron chi connectivity index (χ3n) is 4.60. The predicted molar refractivity (Wildman–Crippen MR) is 108 cm³/mol. The monoisotopic (exact) mass is 320 g/mol. The first kappa shape index (κ1) is 15.4. The summed E-state index contributed by atoms with van der Waals surface area (Å²) in [5.41, 5.74) is 3.88. The van der Waals surface area contributed by atoms with Crippen molar-refractivity contribution in [2.45, 2.75) is 5.92 Å². The van der Waals surface area contributed by atoms with E-state index in [1.54, 1.807) is 0 Å². The predicted octanol–water partition coefficient (Wildman–Crippen LogP) is 6.69. The Kier molecular flexibility index (Phi) is 4.43. The van der Waals surface area contributed by atoms with Crippen molar-refractivity contribution in [1.29, 1.82) is 0 Å². The Morgan fingerprint density at radius 3 is 2.00 bits per heavy atom. The average molecular weight is 320 g/mol. The molecule has 4 aromatic rings. The minimum Gasteiger partial charge on any atom is -0.0720 e. The quantitative estimate of drug-likeness (QED) is 0.393. The van der Waals surface area contributed by atoms with Gasteiger partial charge >= 0.3 is 0 Å². The molecule has 0 bridgehead atoms. The summed E-state index contributed by atoms with van der Waals surface area (Å²) in [6.07, 6.45) is 4.53. The van der Waals surface area contributed by atoms with E-state index in [1.807, 2.05) is 0 Å². The number of allylic oxidation sites excluding steroid dienone is 1. The van der Waals surface area contributed by atoms with Gasteiger partial charge in [0.15, 0.2) is 0 Å². The lowest BCUT2D eigenvalue weighted by Crippen LogP contribution is -1.98. The van der Waals surface area contributed by atoms with E-state index in [4.69, 9.17) is 0 Å². The van der Waals surface area contributed by atoms with E-state index in [9.17, 15) is 0 Å². The van der Waals surface area contributed by atoms with Gasteiger partial charge < -0.3 is 0 Å². The fourth-order valence-electron chi connectivity index (χ4n) is 3.35. The van der Waals surface area contributed by atoms with E-state index in [0.717, 1.165) is 0 Å². The van der Waals surface area contributed by atoms with Gasteiger partial charge in [-0.25, -0.2) is 0 Å². The number of hydrogen-bond acceptors (Lipinski definition) is 0. The van der Waals surface area contributed by atoms with Crippen molar-refractivity contribution in [3.8, 4) is 0 Å². The summed E-state index contributed by atoms with van der Waals surface area (Å²) in [5.74, 6) is 0.229. The molecule has 0 fully saturated rings. The van der Waals surface area contributed by atoms with Gasteiger partial charge in [0.1, 0.15) is 0 Å². The van der Waals surface area contributed by atoms with Gasteiger partial charge in [-0.05, 0) is 27.5 Å². The second-order valence-electron chi connectivity index (χ2n) is 6.23. The molecular weight excluding hydrogens is 300 g/mol. The normalized spacial score (nSPS) is 12.5. The van der Waals surface area contributed by atoms with Gasteiger partial charge in [-0.15, -0.1) is 0 Å². The number of fused-ring (bicyclic) bond motifs is 1. The maximum Gasteiger partial charge on any atom is 0.0278 e. The molecule has 0 aliphatic rings. The molecule has 0 heteroatoms. The molecule has 0 unspecified atom stereocenters. The summed E-state index contributed by atoms with van der Waals surface area (Å²) < 4.78 is 0. The smallest absolute Gasteiger partial charge is 0.0278 e. The third-order valence-corrected chi connectivity index (χ3v) is 4.60. The van der Waals surface area contributed by atoms with Crippen molar-refractivity contribution >= 4 is 16.8 Å². The highest BCUT2D eigenvalue weighted by Gasteiger charge is 2.13. The fraction of sp³-hybridized carbons (Fsp3) is 0.0400. The second kappa shape index (κ2) is 7.19. The Labute approximate surface area is 149 Å². The van der Waals surface area contributed by atoms with Gasteiger partial charge in [0.05, 0.1) is 0 Å². The van der Waals surface area contributed by atoms with Crippen molar-refractivity contribution in [2.24, 2.45) is 0 Å². The molecule has 25 heavy (non-hydrogen) atoms. The highest BCUT2D eigenvalue weighted by atomic mass is 14.2. The molecule has 0 aliphatic heterocycles. The Hall–Kier alpha value is -3.12. The van der Waals surface area contributed by atoms with Crippen molar-refractivity contribution < 1.29 is 0 Å². The molecule has 120 valence electrons. The average Bonchev–Trinajstić information content (AvgIpc) is 2.70. The van der Waals surface area contributed by atoms with Crippen molar-refractivity contribution in [1.82, 2.24) is 0 Å². The van der Waals surface area contributed by atoms with Crippen LogP contribution in [0, 0.1) is 0 Å². The maximum absolute atomic E-state index is 2.31. The second-order valence-corrected chi connectivity index (χ2v) is 6.23. The lowest BCUT2D eigenvalue weighted by atomic mass is 9.87. The van der Waals surface area contributed by atoms with E-state index in [-0.39, 0.29) is 5.92 Å². The highest BCUT2D eigenvalue weighted by molar-refractivity contribution is 5.87. The van der Waals surface area contributed by atoms with Crippen molar-refractivity contribution in [3.63, 3.8) is 0 Å². The van der Waals surface area contributed by atoms with E-state index < -0.39 is 0 Å². The summed E-state index contributed by atoms with van der Waals surface area (Å²) in [5, 5.41) is 2.60.